The number of hydrogen-bond acceptors (Lipinski definition) is 6. The Balaban J connectivity index is 2.00. The summed E-state index contributed by atoms with van der Waals surface area (Å²) in [5, 5.41) is 9.44. The first-order valence-electron chi connectivity index (χ1n) is 10.8. The lowest BCUT2D eigenvalue weighted by molar-refractivity contribution is -0.274. The Hall–Kier alpha value is -2.35. The number of phosphoric acid groups is 1. The Kier molecular flexibility index (Phi) is 10.4. The van der Waals surface area contributed by atoms with Crippen LogP contribution in [0.4, 0.5) is 26.3 Å². The zero-order valence-corrected chi connectivity index (χ0v) is 20.2. The first-order chi connectivity index (χ1) is 17.0. The molecule has 0 amide bonds. The number of phosphoric ester groups is 1. The number of aliphatic hydroxyl groups is 1. The summed E-state index contributed by atoms with van der Waals surface area (Å²) in [5.74, 6) is -0.853. The van der Waals surface area contributed by atoms with Gasteiger partial charge in [0.1, 0.15) is 11.5 Å². The lowest BCUT2D eigenvalue weighted by Gasteiger charge is -2.27. The molecule has 0 aliphatic rings. The Morgan fingerprint density at radius 2 is 1.62 bits per heavy atom. The van der Waals surface area contributed by atoms with Gasteiger partial charge in [0.15, 0.2) is 0 Å². The molecule has 1 atom stereocenters. The highest BCUT2D eigenvalue weighted by molar-refractivity contribution is 7.46. The molecule has 0 radical (unpaired) electrons. The van der Waals surface area contributed by atoms with Crippen molar-refractivity contribution in [1.29, 1.82) is 0 Å². The summed E-state index contributed by atoms with van der Waals surface area (Å²) in [6.07, 6.45) is -9.39. The van der Waals surface area contributed by atoms with E-state index in [1.165, 1.54) is 18.2 Å². The largest absolute Gasteiger partial charge is 0.573 e. The summed E-state index contributed by atoms with van der Waals surface area (Å²) >= 11 is 0. The van der Waals surface area contributed by atoms with E-state index in [1.54, 1.807) is 6.07 Å². The molecule has 2 aromatic carbocycles. The number of alkyl halides is 6. The van der Waals surface area contributed by atoms with E-state index in [9.17, 15) is 36.0 Å². The van der Waals surface area contributed by atoms with Crippen LogP contribution in [0.3, 0.4) is 0 Å². The van der Waals surface area contributed by atoms with Gasteiger partial charge in [-0.2, -0.15) is 13.2 Å². The van der Waals surface area contributed by atoms with Gasteiger partial charge in [-0.1, -0.05) is 18.2 Å². The van der Waals surface area contributed by atoms with Crippen LogP contribution in [0.5, 0.6) is 11.5 Å². The van der Waals surface area contributed by atoms with E-state index in [2.05, 4.69) is 9.26 Å². The van der Waals surface area contributed by atoms with Gasteiger partial charge in [0.2, 0.25) is 0 Å². The lowest BCUT2D eigenvalue weighted by Crippen LogP contribution is -2.48. The van der Waals surface area contributed by atoms with Gasteiger partial charge in [-0.25, -0.2) is 4.57 Å². The van der Waals surface area contributed by atoms with Crippen molar-refractivity contribution in [3.8, 4) is 11.5 Å². The Morgan fingerprint density at radius 1 is 0.946 bits per heavy atom. The minimum Gasteiger partial charge on any atom is -0.493 e. The van der Waals surface area contributed by atoms with Gasteiger partial charge < -0.3 is 30.1 Å². The first-order valence-corrected chi connectivity index (χ1v) is 12.3. The summed E-state index contributed by atoms with van der Waals surface area (Å²) in [7, 11) is -4.86. The minimum absolute atomic E-state index is 0.0682. The fourth-order valence-electron chi connectivity index (χ4n) is 3.24. The highest BCUT2D eigenvalue weighted by atomic mass is 31.2. The standard InChI is InChI=1S/C22H26F6NO7P/c23-21(24,25)18-12-16(8-9-20(29,13-30)14-35-37(31,32)33)6-7-19(18)34-10-2-4-15-3-1-5-17(11-15)36-22(26,27)28/h1,3,5-7,11-12,30H,2,4,8-10,13-14,29H2,(H2,31,32,33). The summed E-state index contributed by atoms with van der Waals surface area (Å²) in [6.45, 7) is -1.60. The second-order valence-corrected chi connectivity index (χ2v) is 9.50. The fraction of sp³-hybridized carbons (Fsp3) is 0.455. The summed E-state index contributed by atoms with van der Waals surface area (Å²) in [6, 6.07) is 8.53. The van der Waals surface area contributed by atoms with Crippen LogP contribution in [0.25, 0.3) is 0 Å². The molecule has 8 nitrogen and oxygen atoms in total. The van der Waals surface area contributed by atoms with Crippen molar-refractivity contribution in [1.82, 2.24) is 0 Å². The predicted octanol–water partition coefficient (Wildman–Crippen LogP) is 4.35. The van der Waals surface area contributed by atoms with Crippen LogP contribution in [-0.2, 0) is 28.1 Å². The van der Waals surface area contributed by atoms with Crippen molar-refractivity contribution in [2.75, 3.05) is 19.8 Å². The van der Waals surface area contributed by atoms with Crippen LogP contribution >= 0.6 is 7.82 Å². The van der Waals surface area contributed by atoms with Gasteiger partial charge in [-0.3, -0.25) is 4.52 Å². The van der Waals surface area contributed by atoms with Gasteiger partial charge >= 0.3 is 20.4 Å². The molecule has 0 fully saturated rings. The predicted molar refractivity (Wildman–Crippen MR) is 119 cm³/mol. The highest BCUT2D eigenvalue weighted by Crippen LogP contribution is 2.38. The second kappa shape index (κ2) is 12.5. The maximum Gasteiger partial charge on any atom is 0.573 e. The summed E-state index contributed by atoms with van der Waals surface area (Å²) in [5.41, 5.74) is 3.84. The number of rotatable bonds is 13. The van der Waals surface area contributed by atoms with E-state index in [1.807, 2.05) is 0 Å². The maximum atomic E-state index is 13.6. The zero-order chi connectivity index (χ0) is 27.9. The number of ether oxygens (including phenoxy) is 2. The summed E-state index contributed by atoms with van der Waals surface area (Å²) < 4.78 is 102. The monoisotopic (exact) mass is 561 g/mol. The fourth-order valence-corrected chi connectivity index (χ4v) is 3.66. The van der Waals surface area contributed by atoms with E-state index in [4.69, 9.17) is 20.3 Å². The molecule has 0 bridgehead atoms. The molecule has 5 N–H and O–H groups in total. The minimum atomic E-state index is -4.86. The van der Waals surface area contributed by atoms with Crippen molar-refractivity contribution >= 4 is 7.82 Å². The molecule has 0 aromatic heterocycles. The van der Waals surface area contributed by atoms with Crippen LogP contribution in [0.2, 0.25) is 0 Å². The smallest absolute Gasteiger partial charge is 0.493 e. The van der Waals surface area contributed by atoms with Crippen LogP contribution < -0.4 is 15.2 Å². The molecule has 1 unspecified atom stereocenters. The zero-order valence-electron chi connectivity index (χ0n) is 19.3. The van der Waals surface area contributed by atoms with Crippen LogP contribution in [0, 0.1) is 0 Å². The van der Waals surface area contributed by atoms with E-state index in [-0.39, 0.29) is 37.9 Å². The molecular formula is C22H26F6NO7P. The number of aliphatic hydroxyl groups excluding tert-OH is 1. The maximum absolute atomic E-state index is 13.6. The summed E-state index contributed by atoms with van der Waals surface area (Å²) in [4.78, 5) is 17.6. The molecule has 2 rings (SSSR count). The Morgan fingerprint density at radius 3 is 2.22 bits per heavy atom. The van der Waals surface area contributed by atoms with E-state index in [0.29, 0.717) is 5.56 Å². The van der Waals surface area contributed by atoms with Crippen molar-refractivity contribution in [2.45, 2.75) is 43.8 Å². The van der Waals surface area contributed by atoms with Gasteiger partial charge in [0.05, 0.1) is 30.9 Å². The lowest BCUT2D eigenvalue weighted by atomic mass is 9.93. The average molecular weight is 561 g/mol. The number of nitrogens with two attached hydrogens (primary N) is 1. The second-order valence-electron chi connectivity index (χ2n) is 8.26. The molecule has 208 valence electrons. The molecule has 0 saturated heterocycles. The quantitative estimate of drug-likeness (QED) is 0.161. The third-order valence-corrected chi connectivity index (χ3v) is 5.56. The molecule has 0 aliphatic heterocycles. The van der Waals surface area contributed by atoms with Crippen LogP contribution in [0.1, 0.15) is 29.5 Å². The Labute approximate surface area is 208 Å². The van der Waals surface area contributed by atoms with E-state index >= 15 is 0 Å². The van der Waals surface area contributed by atoms with Crippen molar-refractivity contribution in [2.24, 2.45) is 5.73 Å². The first kappa shape index (κ1) is 30.9. The van der Waals surface area contributed by atoms with Crippen LogP contribution in [-0.4, -0.2) is 46.6 Å². The molecular weight excluding hydrogens is 535 g/mol. The van der Waals surface area contributed by atoms with Gasteiger partial charge in [-0.05, 0) is 61.1 Å². The molecule has 0 saturated carbocycles. The van der Waals surface area contributed by atoms with Crippen LogP contribution in [0.15, 0.2) is 42.5 Å². The molecule has 0 aliphatic carbocycles. The number of hydrogen-bond donors (Lipinski definition) is 4. The van der Waals surface area contributed by atoms with Gasteiger partial charge in [0.25, 0.3) is 0 Å². The van der Waals surface area contributed by atoms with Crippen molar-refractivity contribution < 1.29 is 59.8 Å². The van der Waals surface area contributed by atoms with Crippen molar-refractivity contribution in [3.63, 3.8) is 0 Å². The Bertz CT molecular complexity index is 1080. The topological polar surface area (TPSA) is 131 Å². The van der Waals surface area contributed by atoms with E-state index in [0.717, 1.165) is 18.2 Å². The third kappa shape index (κ3) is 11.3. The van der Waals surface area contributed by atoms with E-state index < -0.39 is 56.2 Å². The third-order valence-electron chi connectivity index (χ3n) is 5.10. The van der Waals surface area contributed by atoms with Crippen molar-refractivity contribution in [3.05, 3.63) is 59.2 Å². The normalized spacial score (nSPS) is 14.3. The van der Waals surface area contributed by atoms with Gasteiger partial charge in [-0.15, -0.1) is 13.2 Å². The number of benzene rings is 2. The molecule has 0 heterocycles. The SMILES string of the molecule is NC(CO)(CCc1ccc(OCCCc2cccc(OC(F)(F)F)c2)c(C(F)(F)F)c1)COP(=O)(O)O. The average Bonchev–Trinajstić information content (AvgIpc) is 2.77. The van der Waals surface area contributed by atoms with Gasteiger partial charge in [0, 0.05) is 0 Å². The highest BCUT2D eigenvalue weighted by Gasteiger charge is 2.35. The molecule has 37 heavy (non-hydrogen) atoms. The number of halogens is 6. The molecule has 15 heteroatoms. The number of aryl methyl sites for hydroxylation is 2. The molecule has 2 aromatic rings. The molecule has 0 spiro atoms.